The molecule has 0 fully saturated rings. The van der Waals surface area contributed by atoms with Crippen molar-refractivity contribution in [1.29, 1.82) is 0 Å². The lowest BCUT2D eigenvalue weighted by atomic mass is 9.84. The maximum atomic E-state index is 5.72. The number of H-pyrrole nitrogens is 1. The first-order chi connectivity index (χ1) is 7.86. The van der Waals surface area contributed by atoms with Crippen LogP contribution in [0.25, 0.3) is 0 Å². The lowest BCUT2D eigenvalue weighted by molar-refractivity contribution is 0.215. The molecule has 2 atom stereocenters. The first kappa shape index (κ1) is 9.46. The molecule has 1 aliphatic rings. The highest BCUT2D eigenvalue weighted by Crippen LogP contribution is 2.39. The minimum Gasteiger partial charge on any atom is -0.493 e. The molecule has 2 aromatic rings. The van der Waals surface area contributed by atoms with Crippen LogP contribution in [0.5, 0.6) is 5.75 Å². The average molecular weight is 214 g/mol. The van der Waals surface area contributed by atoms with Crippen molar-refractivity contribution < 1.29 is 4.74 Å². The number of ether oxygens (including phenoxy) is 1. The van der Waals surface area contributed by atoms with Crippen molar-refractivity contribution in [1.82, 2.24) is 9.97 Å². The first-order valence-corrected chi connectivity index (χ1v) is 5.57. The van der Waals surface area contributed by atoms with Gasteiger partial charge in [0.1, 0.15) is 11.6 Å². The summed E-state index contributed by atoms with van der Waals surface area (Å²) >= 11 is 0. The van der Waals surface area contributed by atoms with Crippen LogP contribution in [0, 0.1) is 5.92 Å². The zero-order chi connectivity index (χ0) is 11.0. The molecule has 0 bridgehead atoms. The fraction of sp³-hybridized carbons (Fsp3) is 0.308. The van der Waals surface area contributed by atoms with E-state index in [0.29, 0.717) is 11.8 Å². The molecule has 0 radical (unpaired) electrons. The summed E-state index contributed by atoms with van der Waals surface area (Å²) in [6, 6.07) is 8.21. The topological polar surface area (TPSA) is 37.9 Å². The van der Waals surface area contributed by atoms with Crippen LogP contribution < -0.4 is 4.74 Å². The van der Waals surface area contributed by atoms with Gasteiger partial charge in [0.05, 0.1) is 12.5 Å². The van der Waals surface area contributed by atoms with E-state index in [2.05, 4.69) is 29.0 Å². The number of hydrogen-bond acceptors (Lipinski definition) is 2. The largest absolute Gasteiger partial charge is 0.493 e. The number of aromatic nitrogens is 2. The molecule has 16 heavy (non-hydrogen) atoms. The second-order valence-corrected chi connectivity index (χ2v) is 4.28. The number of nitrogens with zero attached hydrogens (tertiary/aromatic N) is 1. The molecule has 1 aromatic heterocycles. The zero-order valence-electron chi connectivity index (χ0n) is 9.18. The van der Waals surface area contributed by atoms with E-state index in [1.165, 1.54) is 5.56 Å². The Balaban J connectivity index is 2.10. The Hall–Kier alpha value is -1.77. The van der Waals surface area contributed by atoms with Gasteiger partial charge in [0.15, 0.2) is 0 Å². The number of hydrogen-bond donors (Lipinski definition) is 1. The molecular formula is C13H14N2O. The van der Waals surface area contributed by atoms with E-state index in [9.17, 15) is 0 Å². The average Bonchev–Trinajstić information content (AvgIpc) is 2.82. The molecule has 3 rings (SSSR count). The third-order valence-electron chi connectivity index (χ3n) is 3.14. The van der Waals surface area contributed by atoms with Crippen LogP contribution in [0.4, 0.5) is 0 Å². The van der Waals surface area contributed by atoms with Crippen molar-refractivity contribution >= 4 is 0 Å². The number of rotatable bonds is 1. The van der Waals surface area contributed by atoms with E-state index in [1.54, 1.807) is 6.20 Å². The Labute approximate surface area is 94.5 Å². The predicted molar refractivity (Wildman–Crippen MR) is 61.5 cm³/mol. The molecule has 0 spiro atoms. The Bertz CT molecular complexity index is 478. The van der Waals surface area contributed by atoms with Crippen LogP contribution in [-0.4, -0.2) is 16.6 Å². The number of imidazole rings is 1. The van der Waals surface area contributed by atoms with Gasteiger partial charge in [0.2, 0.25) is 0 Å². The van der Waals surface area contributed by atoms with Crippen molar-refractivity contribution in [2.75, 3.05) is 6.61 Å². The minimum atomic E-state index is 0.319. The molecule has 1 aliphatic heterocycles. The van der Waals surface area contributed by atoms with Gasteiger partial charge >= 0.3 is 0 Å². The fourth-order valence-corrected chi connectivity index (χ4v) is 2.36. The van der Waals surface area contributed by atoms with Crippen LogP contribution in [0.1, 0.15) is 24.2 Å². The van der Waals surface area contributed by atoms with E-state index in [0.717, 1.165) is 18.2 Å². The Morgan fingerprint density at radius 3 is 3.06 bits per heavy atom. The van der Waals surface area contributed by atoms with Gasteiger partial charge in [-0.3, -0.25) is 0 Å². The highest BCUT2D eigenvalue weighted by atomic mass is 16.5. The third-order valence-corrected chi connectivity index (χ3v) is 3.14. The van der Waals surface area contributed by atoms with Gasteiger partial charge in [0.25, 0.3) is 0 Å². The van der Waals surface area contributed by atoms with Crippen LogP contribution >= 0.6 is 0 Å². The molecule has 3 heteroatoms. The van der Waals surface area contributed by atoms with Crippen LogP contribution in [0.2, 0.25) is 0 Å². The number of para-hydroxylation sites is 1. The summed E-state index contributed by atoms with van der Waals surface area (Å²) in [4.78, 5) is 7.59. The maximum absolute atomic E-state index is 5.72. The summed E-state index contributed by atoms with van der Waals surface area (Å²) in [6.45, 7) is 2.95. The summed E-state index contributed by atoms with van der Waals surface area (Å²) in [6.07, 6.45) is 3.68. The van der Waals surface area contributed by atoms with Crippen molar-refractivity contribution in [3.8, 4) is 5.75 Å². The molecule has 0 saturated heterocycles. The Morgan fingerprint density at radius 1 is 1.38 bits per heavy atom. The van der Waals surface area contributed by atoms with Crippen molar-refractivity contribution in [2.24, 2.45) is 5.92 Å². The molecule has 0 aliphatic carbocycles. The SMILES string of the molecule is CC1COc2ccccc2C1c1ncc[nH]1. The highest BCUT2D eigenvalue weighted by Gasteiger charge is 2.30. The molecule has 3 nitrogen and oxygen atoms in total. The summed E-state index contributed by atoms with van der Waals surface area (Å²) in [7, 11) is 0. The van der Waals surface area contributed by atoms with E-state index in [1.807, 2.05) is 18.3 Å². The summed E-state index contributed by atoms with van der Waals surface area (Å²) in [5, 5.41) is 0. The Kier molecular flexibility index (Phi) is 2.17. The number of benzene rings is 1. The molecule has 2 unspecified atom stereocenters. The van der Waals surface area contributed by atoms with Crippen LogP contribution in [-0.2, 0) is 0 Å². The van der Waals surface area contributed by atoms with Gasteiger partial charge < -0.3 is 9.72 Å². The highest BCUT2D eigenvalue weighted by molar-refractivity contribution is 5.41. The smallest absolute Gasteiger partial charge is 0.123 e. The molecule has 0 saturated carbocycles. The van der Waals surface area contributed by atoms with Crippen molar-refractivity contribution in [2.45, 2.75) is 12.8 Å². The van der Waals surface area contributed by atoms with Crippen LogP contribution in [0.3, 0.4) is 0 Å². The Morgan fingerprint density at radius 2 is 2.25 bits per heavy atom. The fourth-order valence-electron chi connectivity index (χ4n) is 2.36. The van der Waals surface area contributed by atoms with Crippen molar-refractivity contribution in [3.05, 3.63) is 48.0 Å². The second kappa shape index (κ2) is 3.67. The lowest BCUT2D eigenvalue weighted by Crippen LogP contribution is -2.25. The number of aromatic amines is 1. The van der Waals surface area contributed by atoms with E-state index in [4.69, 9.17) is 4.74 Å². The second-order valence-electron chi connectivity index (χ2n) is 4.28. The minimum absolute atomic E-state index is 0.319. The van der Waals surface area contributed by atoms with Gasteiger partial charge in [-0.25, -0.2) is 4.98 Å². The molecule has 0 amide bonds. The third kappa shape index (κ3) is 1.40. The van der Waals surface area contributed by atoms with Crippen molar-refractivity contribution in [3.63, 3.8) is 0 Å². The summed E-state index contributed by atoms with van der Waals surface area (Å²) in [5.41, 5.74) is 1.23. The normalized spacial score (nSPS) is 23.6. The first-order valence-electron chi connectivity index (χ1n) is 5.57. The van der Waals surface area contributed by atoms with Gasteiger partial charge in [-0.1, -0.05) is 25.1 Å². The monoisotopic (exact) mass is 214 g/mol. The van der Waals surface area contributed by atoms with E-state index >= 15 is 0 Å². The molecule has 82 valence electrons. The molecule has 1 aromatic carbocycles. The van der Waals surface area contributed by atoms with Gasteiger partial charge in [0, 0.05) is 23.9 Å². The van der Waals surface area contributed by atoms with E-state index < -0.39 is 0 Å². The molecular weight excluding hydrogens is 200 g/mol. The lowest BCUT2D eigenvalue weighted by Gasteiger charge is -2.30. The summed E-state index contributed by atoms with van der Waals surface area (Å²) < 4.78 is 5.72. The molecule has 1 N–H and O–H groups in total. The number of fused-ring (bicyclic) bond motifs is 1. The predicted octanol–water partition coefficient (Wildman–Crippen LogP) is 2.57. The zero-order valence-corrected chi connectivity index (χ0v) is 9.18. The quantitative estimate of drug-likeness (QED) is 0.792. The molecule has 2 heterocycles. The van der Waals surface area contributed by atoms with Gasteiger partial charge in [-0.15, -0.1) is 0 Å². The number of nitrogens with one attached hydrogen (secondary N) is 1. The maximum Gasteiger partial charge on any atom is 0.123 e. The summed E-state index contributed by atoms with van der Waals surface area (Å²) in [5.74, 6) is 2.78. The van der Waals surface area contributed by atoms with Crippen LogP contribution in [0.15, 0.2) is 36.7 Å². The van der Waals surface area contributed by atoms with Gasteiger partial charge in [-0.2, -0.15) is 0 Å². The van der Waals surface area contributed by atoms with E-state index in [-0.39, 0.29) is 0 Å². The van der Waals surface area contributed by atoms with Gasteiger partial charge in [-0.05, 0) is 6.07 Å². The standard InChI is InChI=1S/C13H14N2O/c1-9-8-16-11-5-3-2-4-10(11)12(9)13-14-6-7-15-13/h2-7,9,12H,8H2,1H3,(H,14,15).